The number of methoxy groups -OCH3 is 1. The molecular formula is C13H8Cl4O. The summed E-state index contributed by atoms with van der Waals surface area (Å²) in [5.74, 6) is 0.765. The van der Waals surface area contributed by atoms with Crippen LogP contribution in [0.1, 0.15) is 0 Å². The van der Waals surface area contributed by atoms with Gasteiger partial charge >= 0.3 is 0 Å². The molecule has 0 unspecified atom stereocenters. The number of benzene rings is 2. The lowest BCUT2D eigenvalue weighted by Crippen LogP contribution is -1.85. The first-order chi connectivity index (χ1) is 8.54. The molecule has 0 aliphatic rings. The van der Waals surface area contributed by atoms with E-state index in [-0.39, 0.29) is 10.0 Å². The van der Waals surface area contributed by atoms with E-state index >= 15 is 0 Å². The predicted octanol–water partition coefficient (Wildman–Crippen LogP) is 5.98. The van der Waals surface area contributed by atoms with Gasteiger partial charge in [0.25, 0.3) is 0 Å². The van der Waals surface area contributed by atoms with Gasteiger partial charge in [0.1, 0.15) is 5.75 Å². The zero-order chi connectivity index (χ0) is 13.3. The molecule has 0 aromatic heterocycles. The van der Waals surface area contributed by atoms with Gasteiger partial charge in [0, 0.05) is 5.56 Å². The lowest BCUT2D eigenvalue weighted by Gasteiger charge is -2.10. The Morgan fingerprint density at radius 3 is 2.00 bits per heavy atom. The summed E-state index contributed by atoms with van der Waals surface area (Å²) in [6, 6.07) is 9.12. The van der Waals surface area contributed by atoms with E-state index in [0.717, 1.165) is 16.9 Å². The first-order valence-corrected chi connectivity index (χ1v) is 6.53. The molecule has 5 heteroatoms. The van der Waals surface area contributed by atoms with Gasteiger partial charge < -0.3 is 4.74 Å². The Morgan fingerprint density at radius 2 is 1.44 bits per heavy atom. The van der Waals surface area contributed by atoms with Crippen LogP contribution in [-0.4, -0.2) is 7.11 Å². The topological polar surface area (TPSA) is 9.23 Å². The Kier molecular flexibility index (Phi) is 4.29. The van der Waals surface area contributed by atoms with Crippen LogP contribution in [0.2, 0.25) is 20.1 Å². The van der Waals surface area contributed by atoms with E-state index in [9.17, 15) is 0 Å². The molecule has 2 aromatic carbocycles. The maximum atomic E-state index is 6.17. The lowest BCUT2D eigenvalue weighted by atomic mass is 10.1. The molecule has 0 saturated heterocycles. The van der Waals surface area contributed by atoms with Crippen molar-refractivity contribution in [2.75, 3.05) is 7.11 Å². The highest BCUT2D eigenvalue weighted by Gasteiger charge is 2.14. The lowest BCUT2D eigenvalue weighted by molar-refractivity contribution is 0.415. The maximum Gasteiger partial charge on any atom is 0.118 e. The van der Waals surface area contributed by atoms with Gasteiger partial charge in [-0.15, -0.1) is 0 Å². The summed E-state index contributed by atoms with van der Waals surface area (Å²) in [5.41, 5.74) is 1.62. The standard InChI is InChI=1S/C13H8Cl4O/c1-18-8-4-2-7(3-5-8)9-6-10(14)12(16)13(17)11(9)15/h2-6H,1H3. The molecule has 1 nitrogen and oxygen atoms in total. The fraction of sp³-hybridized carbons (Fsp3) is 0.0769. The molecule has 0 aliphatic heterocycles. The Hall–Kier alpha value is -0.600. The van der Waals surface area contributed by atoms with Crippen molar-refractivity contribution >= 4 is 46.4 Å². The van der Waals surface area contributed by atoms with Gasteiger partial charge in [-0.2, -0.15) is 0 Å². The van der Waals surface area contributed by atoms with Crippen molar-refractivity contribution < 1.29 is 4.74 Å². The average molecular weight is 322 g/mol. The monoisotopic (exact) mass is 320 g/mol. The second-order valence-electron chi connectivity index (χ2n) is 3.58. The summed E-state index contributed by atoms with van der Waals surface area (Å²) in [4.78, 5) is 0. The zero-order valence-electron chi connectivity index (χ0n) is 9.31. The highest BCUT2D eigenvalue weighted by Crippen LogP contribution is 2.42. The molecule has 0 heterocycles. The molecule has 0 amide bonds. The zero-order valence-corrected chi connectivity index (χ0v) is 12.3. The predicted molar refractivity (Wildman–Crippen MR) is 78.5 cm³/mol. The second-order valence-corrected chi connectivity index (χ2v) is 5.12. The number of hydrogen-bond acceptors (Lipinski definition) is 1. The molecule has 0 saturated carbocycles. The Bertz CT molecular complexity index is 579. The quantitative estimate of drug-likeness (QED) is 0.488. The van der Waals surface area contributed by atoms with Crippen LogP contribution < -0.4 is 4.74 Å². The van der Waals surface area contributed by atoms with Crippen LogP contribution in [0.4, 0.5) is 0 Å². The molecule has 0 radical (unpaired) electrons. The van der Waals surface area contributed by atoms with Crippen molar-refractivity contribution in [2.45, 2.75) is 0 Å². The molecular weight excluding hydrogens is 314 g/mol. The van der Waals surface area contributed by atoms with Gasteiger partial charge in [0.05, 0.1) is 27.2 Å². The summed E-state index contributed by atoms with van der Waals surface area (Å²) in [6.07, 6.45) is 0. The van der Waals surface area contributed by atoms with E-state index < -0.39 is 0 Å². The van der Waals surface area contributed by atoms with E-state index in [1.54, 1.807) is 13.2 Å². The number of ether oxygens (including phenoxy) is 1. The van der Waals surface area contributed by atoms with Crippen LogP contribution >= 0.6 is 46.4 Å². The number of halogens is 4. The Morgan fingerprint density at radius 1 is 0.833 bits per heavy atom. The fourth-order valence-corrected chi connectivity index (χ4v) is 2.46. The SMILES string of the molecule is COc1ccc(-c2cc(Cl)c(Cl)c(Cl)c2Cl)cc1. The summed E-state index contributed by atoms with van der Waals surface area (Å²) in [5, 5.41) is 1.28. The smallest absolute Gasteiger partial charge is 0.118 e. The van der Waals surface area contributed by atoms with Crippen molar-refractivity contribution in [3.8, 4) is 16.9 Å². The number of hydrogen-bond donors (Lipinski definition) is 0. The molecule has 94 valence electrons. The van der Waals surface area contributed by atoms with E-state index in [2.05, 4.69) is 0 Å². The van der Waals surface area contributed by atoms with Gasteiger partial charge in [-0.05, 0) is 23.8 Å². The van der Waals surface area contributed by atoms with Gasteiger partial charge in [-0.3, -0.25) is 0 Å². The minimum Gasteiger partial charge on any atom is -0.497 e. The molecule has 2 rings (SSSR count). The van der Waals surface area contributed by atoms with Crippen molar-refractivity contribution in [2.24, 2.45) is 0 Å². The van der Waals surface area contributed by atoms with Crippen LogP contribution in [-0.2, 0) is 0 Å². The largest absolute Gasteiger partial charge is 0.497 e. The highest BCUT2D eigenvalue weighted by atomic mass is 35.5. The third-order valence-electron chi connectivity index (χ3n) is 2.50. The van der Waals surface area contributed by atoms with Gasteiger partial charge in [0.2, 0.25) is 0 Å². The first kappa shape index (κ1) is 13.8. The molecule has 0 bridgehead atoms. The Balaban J connectivity index is 2.56. The highest BCUT2D eigenvalue weighted by molar-refractivity contribution is 6.52. The van der Waals surface area contributed by atoms with Crippen molar-refractivity contribution in [1.29, 1.82) is 0 Å². The van der Waals surface area contributed by atoms with Crippen molar-refractivity contribution in [3.05, 3.63) is 50.4 Å². The normalized spacial score (nSPS) is 10.5. The summed E-state index contributed by atoms with van der Waals surface area (Å²) in [7, 11) is 1.61. The van der Waals surface area contributed by atoms with Gasteiger partial charge in [-0.1, -0.05) is 58.5 Å². The number of rotatable bonds is 2. The molecule has 2 aromatic rings. The van der Waals surface area contributed by atoms with E-state index in [1.807, 2.05) is 24.3 Å². The minimum atomic E-state index is 0.261. The summed E-state index contributed by atoms with van der Waals surface area (Å²) in [6.45, 7) is 0. The molecule has 0 aliphatic carbocycles. The third-order valence-corrected chi connectivity index (χ3v) is 4.26. The van der Waals surface area contributed by atoms with Crippen LogP contribution in [0, 0.1) is 0 Å². The van der Waals surface area contributed by atoms with Crippen LogP contribution in [0.15, 0.2) is 30.3 Å². The molecule has 18 heavy (non-hydrogen) atoms. The average Bonchev–Trinajstić information content (AvgIpc) is 2.41. The fourth-order valence-electron chi connectivity index (χ4n) is 1.55. The molecule has 0 spiro atoms. The van der Waals surface area contributed by atoms with E-state index in [4.69, 9.17) is 51.1 Å². The minimum absolute atomic E-state index is 0.261. The van der Waals surface area contributed by atoms with Crippen molar-refractivity contribution in [3.63, 3.8) is 0 Å². The summed E-state index contributed by atoms with van der Waals surface area (Å²) >= 11 is 24.1. The summed E-state index contributed by atoms with van der Waals surface area (Å²) < 4.78 is 5.10. The van der Waals surface area contributed by atoms with Crippen LogP contribution in [0.25, 0.3) is 11.1 Å². The van der Waals surface area contributed by atoms with Crippen molar-refractivity contribution in [1.82, 2.24) is 0 Å². The maximum absolute atomic E-state index is 6.17. The van der Waals surface area contributed by atoms with Crippen LogP contribution in [0.3, 0.4) is 0 Å². The third kappa shape index (κ3) is 2.55. The molecule has 0 fully saturated rings. The van der Waals surface area contributed by atoms with E-state index in [0.29, 0.717) is 10.0 Å². The first-order valence-electron chi connectivity index (χ1n) is 5.02. The van der Waals surface area contributed by atoms with Gasteiger partial charge in [0.15, 0.2) is 0 Å². The van der Waals surface area contributed by atoms with Crippen LogP contribution in [0.5, 0.6) is 5.75 Å². The Labute approximate surface area is 125 Å². The second kappa shape index (κ2) is 5.58. The molecule has 0 atom stereocenters. The molecule has 0 N–H and O–H groups in total. The van der Waals surface area contributed by atoms with E-state index in [1.165, 1.54) is 0 Å². The van der Waals surface area contributed by atoms with Gasteiger partial charge in [-0.25, -0.2) is 0 Å².